The molecule has 1 aromatic carbocycles. The van der Waals surface area contributed by atoms with E-state index in [1.54, 1.807) is 14.2 Å². The van der Waals surface area contributed by atoms with Crippen molar-refractivity contribution in [3.8, 4) is 5.75 Å². The molecule has 0 aliphatic carbocycles. The van der Waals surface area contributed by atoms with Gasteiger partial charge in [-0.1, -0.05) is 12.1 Å². The van der Waals surface area contributed by atoms with Crippen LogP contribution in [0.1, 0.15) is 17.2 Å². The van der Waals surface area contributed by atoms with Gasteiger partial charge in [-0.3, -0.25) is 4.79 Å². The largest absolute Gasteiger partial charge is 0.496 e. The fourth-order valence-electron chi connectivity index (χ4n) is 1.55. The number of carbonyl (C=O) groups excluding carboxylic acids is 1. The Morgan fingerprint density at radius 2 is 2.20 bits per heavy atom. The summed E-state index contributed by atoms with van der Waals surface area (Å²) < 4.78 is 5.14. The summed E-state index contributed by atoms with van der Waals surface area (Å²) in [6.07, 6.45) is 0. The van der Waals surface area contributed by atoms with E-state index < -0.39 is 6.04 Å². The molecule has 0 aromatic heterocycles. The van der Waals surface area contributed by atoms with Gasteiger partial charge in [0.1, 0.15) is 11.8 Å². The summed E-state index contributed by atoms with van der Waals surface area (Å²) in [5.74, 6) is 0.417. The number of methoxy groups -OCH3 is 1. The van der Waals surface area contributed by atoms with E-state index in [9.17, 15) is 4.79 Å². The topological polar surface area (TPSA) is 64.3 Å². The number of benzene rings is 1. The second kappa shape index (κ2) is 4.79. The summed E-state index contributed by atoms with van der Waals surface area (Å²) in [4.78, 5) is 11.1. The van der Waals surface area contributed by atoms with Gasteiger partial charge >= 0.3 is 0 Å². The third-order valence-electron chi connectivity index (χ3n) is 2.33. The number of carbonyl (C=O) groups is 1. The maximum absolute atomic E-state index is 11.1. The Balaban J connectivity index is 3.05. The Hall–Kier alpha value is -1.55. The number of hydrogen-bond acceptors (Lipinski definition) is 3. The lowest BCUT2D eigenvalue weighted by molar-refractivity contribution is -0.120. The molecule has 0 saturated heterocycles. The summed E-state index contributed by atoms with van der Waals surface area (Å²) in [6.45, 7) is 1.93. The predicted octanol–water partition coefficient (Wildman–Crippen LogP) is 0.749. The molecule has 0 fully saturated rings. The number of hydrogen-bond donors (Lipinski definition) is 2. The highest BCUT2D eigenvalue weighted by atomic mass is 16.5. The van der Waals surface area contributed by atoms with Crippen LogP contribution in [0.2, 0.25) is 0 Å². The van der Waals surface area contributed by atoms with E-state index in [0.717, 1.165) is 16.9 Å². The number of aryl methyl sites for hydroxylation is 1. The zero-order valence-electron chi connectivity index (χ0n) is 9.20. The lowest BCUT2D eigenvalue weighted by Gasteiger charge is -2.14. The van der Waals surface area contributed by atoms with Crippen molar-refractivity contribution in [2.75, 3.05) is 14.2 Å². The number of nitrogens with one attached hydrogen (secondary N) is 1. The molecule has 0 aliphatic heterocycles. The van der Waals surface area contributed by atoms with Gasteiger partial charge in [-0.2, -0.15) is 0 Å². The summed E-state index contributed by atoms with van der Waals surface area (Å²) >= 11 is 0. The third kappa shape index (κ3) is 2.47. The molecule has 4 heteroatoms. The molecule has 82 valence electrons. The van der Waals surface area contributed by atoms with Gasteiger partial charge in [0.2, 0.25) is 5.91 Å². The highest BCUT2D eigenvalue weighted by molar-refractivity contribution is 5.81. The van der Waals surface area contributed by atoms with Crippen molar-refractivity contribution >= 4 is 5.91 Å². The first-order valence-electron chi connectivity index (χ1n) is 4.71. The lowest BCUT2D eigenvalue weighted by atomic mass is 10.0. The lowest BCUT2D eigenvalue weighted by Crippen LogP contribution is -2.31. The van der Waals surface area contributed by atoms with Crippen LogP contribution in [0.3, 0.4) is 0 Å². The molecule has 4 nitrogen and oxygen atoms in total. The van der Waals surface area contributed by atoms with Crippen molar-refractivity contribution in [2.24, 2.45) is 5.73 Å². The van der Waals surface area contributed by atoms with Crippen LogP contribution in [0.25, 0.3) is 0 Å². The molecule has 0 heterocycles. The van der Waals surface area contributed by atoms with Gasteiger partial charge < -0.3 is 15.8 Å². The molecule has 0 bridgehead atoms. The van der Waals surface area contributed by atoms with Gasteiger partial charge in [0.25, 0.3) is 0 Å². The van der Waals surface area contributed by atoms with Crippen molar-refractivity contribution in [2.45, 2.75) is 13.0 Å². The van der Waals surface area contributed by atoms with Gasteiger partial charge in [0.05, 0.1) is 7.11 Å². The summed E-state index contributed by atoms with van der Waals surface area (Å²) in [5, 5.41) is 2.87. The number of primary amides is 1. The van der Waals surface area contributed by atoms with Gasteiger partial charge in [0, 0.05) is 0 Å². The number of amides is 1. The van der Waals surface area contributed by atoms with E-state index in [2.05, 4.69) is 5.32 Å². The Labute approximate surface area is 89.4 Å². The van der Waals surface area contributed by atoms with E-state index in [0.29, 0.717) is 0 Å². The standard InChI is InChI=1S/C11H16N2O2/c1-7-6-8(4-5-9(7)15-3)10(13-2)11(12)14/h4-6,10,13H,1-3H3,(H2,12,14). The van der Waals surface area contributed by atoms with Crippen molar-refractivity contribution in [1.29, 1.82) is 0 Å². The SMILES string of the molecule is CNC(C(N)=O)c1ccc(OC)c(C)c1. The molecular weight excluding hydrogens is 192 g/mol. The van der Waals surface area contributed by atoms with E-state index >= 15 is 0 Å². The van der Waals surface area contributed by atoms with E-state index in [4.69, 9.17) is 10.5 Å². The molecule has 1 amide bonds. The van der Waals surface area contributed by atoms with Crippen LogP contribution in [-0.4, -0.2) is 20.1 Å². The minimum atomic E-state index is -0.449. The van der Waals surface area contributed by atoms with Gasteiger partial charge in [-0.25, -0.2) is 0 Å². The summed E-state index contributed by atoms with van der Waals surface area (Å²) in [6, 6.07) is 5.11. The minimum absolute atomic E-state index is 0.387. The molecule has 0 spiro atoms. The molecular formula is C11H16N2O2. The fourth-order valence-corrected chi connectivity index (χ4v) is 1.55. The van der Waals surface area contributed by atoms with Crippen LogP contribution in [0.4, 0.5) is 0 Å². The molecule has 1 atom stereocenters. The molecule has 0 saturated carbocycles. The number of nitrogens with two attached hydrogens (primary N) is 1. The van der Waals surface area contributed by atoms with Gasteiger partial charge in [-0.15, -0.1) is 0 Å². The van der Waals surface area contributed by atoms with E-state index in [1.807, 2.05) is 25.1 Å². The highest BCUT2D eigenvalue weighted by Crippen LogP contribution is 2.22. The molecule has 0 aliphatic rings. The van der Waals surface area contributed by atoms with Crippen LogP contribution >= 0.6 is 0 Å². The zero-order valence-corrected chi connectivity index (χ0v) is 9.20. The van der Waals surface area contributed by atoms with E-state index in [-0.39, 0.29) is 5.91 Å². The molecule has 1 aromatic rings. The summed E-state index contributed by atoms with van der Waals surface area (Å²) in [5.41, 5.74) is 7.10. The monoisotopic (exact) mass is 208 g/mol. The second-order valence-electron chi connectivity index (χ2n) is 3.35. The Morgan fingerprint density at radius 1 is 1.53 bits per heavy atom. The smallest absolute Gasteiger partial charge is 0.239 e. The predicted molar refractivity (Wildman–Crippen MR) is 58.7 cm³/mol. The first-order valence-corrected chi connectivity index (χ1v) is 4.71. The average molecular weight is 208 g/mol. The van der Waals surface area contributed by atoms with Crippen LogP contribution < -0.4 is 15.8 Å². The van der Waals surface area contributed by atoms with E-state index in [1.165, 1.54) is 0 Å². The third-order valence-corrected chi connectivity index (χ3v) is 2.33. The maximum atomic E-state index is 11.1. The van der Waals surface area contributed by atoms with Crippen LogP contribution in [-0.2, 0) is 4.79 Å². The quantitative estimate of drug-likeness (QED) is 0.767. The number of ether oxygens (including phenoxy) is 1. The molecule has 15 heavy (non-hydrogen) atoms. The van der Waals surface area contributed by atoms with Crippen molar-refractivity contribution in [1.82, 2.24) is 5.32 Å². The number of rotatable bonds is 4. The highest BCUT2D eigenvalue weighted by Gasteiger charge is 2.15. The summed E-state index contributed by atoms with van der Waals surface area (Å²) in [7, 11) is 3.32. The Bertz CT molecular complexity index is 364. The molecule has 3 N–H and O–H groups in total. The molecule has 1 unspecified atom stereocenters. The molecule has 0 radical (unpaired) electrons. The minimum Gasteiger partial charge on any atom is -0.496 e. The van der Waals surface area contributed by atoms with Gasteiger partial charge in [-0.05, 0) is 31.2 Å². The van der Waals surface area contributed by atoms with Crippen molar-refractivity contribution in [3.05, 3.63) is 29.3 Å². The van der Waals surface area contributed by atoms with Crippen molar-refractivity contribution < 1.29 is 9.53 Å². The Morgan fingerprint density at radius 3 is 2.60 bits per heavy atom. The first kappa shape index (κ1) is 11.5. The van der Waals surface area contributed by atoms with Crippen molar-refractivity contribution in [3.63, 3.8) is 0 Å². The van der Waals surface area contributed by atoms with Gasteiger partial charge in [0.15, 0.2) is 0 Å². The normalized spacial score (nSPS) is 12.2. The maximum Gasteiger partial charge on any atom is 0.239 e. The molecule has 1 rings (SSSR count). The van der Waals surface area contributed by atoms with Crippen LogP contribution in [0.5, 0.6) is 5.75 Å². The fraction of sp³-hybridized carbons (Fsp3) is 0.364. The average Bonchev–Trinajstić information content (AvgIpc) is 2.18. The zero-order chi connectivity index (χ0) is 11.4. The number of likely N-dealkylation sites (N-methyl/N-ethyl adjacent to an activating group) is 1. The van der Waals surface area contributed by atoms with Crippen LogP contribution in [0.15, 0.2) is 18.2 Å². The second-order valence-corrected chi connectivity index (χ2v) is 3.35. The van der Waals surface area contributed by atoms with Crippen LogP contribution in [0, 0.1) is 6.92 Å². The Kier molecular flexibility index (Phi) is 3.68. The first-order chi connectivity index (χ1) is 7.10.